The van der Waals surface area contributed by atoms with Crippen molar-refractivity contribution in [3.8, 4) is 0 Å². The average molecular weight is 272 g/mol. The van der Waals surface area contributed by atoms with Crippen molar-refractivity contribution in [2.45, 2.75) is 39.5 Å². The van der Waals surface area contributed by atoms with Crippen LogP contribution in [0, 0.1) is 19.8 Å². The molecule has 1 N–H and O–H groups in total. The fourth-order valence-corrected chi connectivity index (χ4v) is 2.70. The fraction of sp³-hybridized carbons (Fsp3) is 0.533. The van der Waals surface area contributed by atoms with Gasteiger partial charge in [0.1, 0.15) is 5.69 Å². The Morgan fingerprint density at radius 3 is 2.95 bits per heavy atom. The molecule has 2 aromatic heterocycles. The number of nitrogens with zero attached hydrogens (tertiary/aromatic N) is 3. The molecule has 0 unspecified atom stereocenters. The van der Waals surface area contributed by atoms with Crippen LogP contribution >= 0.6 is 0 Å². The second kappa shape index (κ2) is 5.23. The van der Waals surface area contributed by atoms with Crippen molar-refractivity contribution in [2.24, 2.45) is 5.92 Å². The third-order valence-corrected chi connectivity index (χ3v) is 4.07. The first-order chi connectivity index (χ1) is 9.65. The van der Waals surface area contributed by atoms with E-state index in [4.69, 9.17) is 0 Å². The Balaban J connectivity index is 1.73. The first kappa shape index (κ1) is 13.1. The summed E-state index contributed by atoms with van der Waals surface area (Å²) in [6.07, 6.45) is 6.65. The molecule has 2 aromatic rings. The summed E-state index contributed by atoms with van der Waals surface area (Å²) in [4.78, 5) is 16.5. The van der Waals surface area contributed by atoms with Gasteiger partial charge in [-0.25, -0.2) is 9.50 Å². The third kappa shape index (κ3) is 2.40. The molecule has 0 saturated heterocycles. The van der Waals surface area contributed by atoms with Gasteiger partial charge in [0, 0.05) is 6.54 Å². The minimum Gasteiger partial charge on any atom is -0.351 e. The summed E-state index contributed by atoms with van der Waals surface area (Å²) in [5.74, 6) is 0.717. The minimum atomic E-state index is -0.0886. The van der Waals surface area contributed by atoms with Gasteiger partial charge in [-0.15, -0.1) is 0 Å². The molecule has 1 saturated carbocycles. The number of fused-ring (bicyclic) bond motifs is 1. The van der Waals surface area contributed by atoms with E-state index in [2.05, 4.69) is 15.4 Å². The van der Waals surface area contributed by atoms with Gasteiger partial charge >= 0.3 is 0 Å². The van der Waals surface area contributed by atoms with Crippen LogP contribution in [0.4, 0.5) is 0 Å². The Hall–Kier alpha value is -1.91. The first-order valence-electron chi connectivity index (χ1n) is 7.25. The van der Waals surface area contributed by atoms with Crippen LogP contribution in [0.3, 0.4) is 0 Å². The Bertz CT molecular complexity index is 643. The smallest absolute Gasteiger partial charge is 0.271 e. The summed E-state index contributed by atoms with van der Waals surface area (Å²) in [6.45, 7) is 4.64. The number of amides is 1. The summed E-state index contributed by atoms with van der Waals surface area (Å²) in [6, 6.07) is 1.97. The highest BCUT2D eigenvalue weighted by molar-refractivity contribution is 5.93. The first-order valence-corrected chi connectivity index (χ1v) is 7.25. The Kier molecular flexibility index (Phi) is 3.42. The molecule has 5 heteroatoms. The predicted molar refractivity (Wildman–Crippen MR) is 76.8 cm³/mol. The number of imidazole rings is 1. The molecular weight excluding hydrogens is 252 g/mol. The molecule has 1 fully saturated rings. The topological polar surface area (TPSA) is 59.3 Å². The van der Waals surface area contributed by atoms with Crippen molar-refractivity contribution in [1.29, 1.82) is 0 Å². The van der Waals surface area contributed by atoms with E-state index in [0.29, 0.717) is 5.69 Å². The van der Waals surface area contributed by atoms with E-state index in [1.54, 1.807) is 10.7 Å². The molecule has 0 bridgehead atoms. The van der Waals surface area contributed by atoms with Gasteiger partial charge in [0.15, 0.2) is 5.65 Å². The molecule has 0 radical (unpaired) electrons. The minimum absolute atomic E-state index is 0.0886. The van der Waals surface area contributed by atoms with Gasteiger partial charge in [0.2, 0.25) is 0 Å². The van der Waals surface area contributed by atoms with Crippen molar-refractivity contribution in [1.82, 2.24) is 19.9 Å². The number of carbonyl (C=O) groups excluding carboxylic acids is 1. The number of hydrogen-bond donors (Lipinski definition) is 1. The monoisotopic (exact) mass is 272 g/mol. The third-order valence-electron chi connectivity index (χ3n) is 4.07. The van der Waals surface area contributed by atoms with Gasteiger partial charge in [-0.05, 0) is 37.8 Å². The van der Waals surface area contributed by atoms with Gasteiger partial charge in [0.05, 0.1) is 11.9 Å². The largest absolute Gasteiger partial charge is 0.351 e. The Labute approximate surface area is 118 Å². The highest BCUT2D eigenvalue weighted by Gasteiger charge is 2.18. The number of nitrogens with one attached hydrogen (secondary N) is 1. The molecule has 0 aromatic carbocycles. The standard InChI is InChI=1S/C15H20N4O/c1-10-8-11(2)18-19-13(9-17-14(10)19)15(20)16-7-6-12-4-3-5-12/h8-9,12H,3-7H2,1-2H3,(H,16,20). The van der Waals surface area contributed by atoms with Gasteiger partial charge in [-0.1, -0.05) is 19.3 Å². The molecule has 1 aliphatic carbocycles. The quantitative estimate of drug-likeness (QED) is 0.928. The van der Waals surface area contributed by atoms with Crippen molar-refractivity contribution in [3.63, 3.8) is 0 Å². The number of carbonyl (C=O) groups is 1. The molecule has 5 nitrogen and oxygen atoms in total. The number of aryl methyl sites for hydroxylation is 2. The summed E-state index contributed by atoms with van der Waals surface area (Å²) in [5.41, 5.74) is 3.18. The van der Waals surface area contributed by atoms with Crippen LogP contribution in [0.2, 0.25) is 0 Å². The van der Waals surface area contributed by atoms with E-state index < -0.39 is 0 Å². The van der Waals surface area contributed by atoms with Crippen LogP contribution in [0.25, 0.3) is 5.65 Å². The molecule has 1 aliphatic rings. The fourth-order valence-electron chi connectivity index (χ4n) is 2.70. The summed E-state index contributed by atoms with van der Waals surface area (Å²) in [7, 11) is 0. The lowest BCUT2D eigenvalue weighted by atomic mass is 9.83. The Morgan fingerprint density at radius 2 is 2.25 bits per heavy atom. The maximum absolute atomic E-state index is 12.2. The average Bonchev–Trinajstić information content (AvgIpc) is 2.76. The molecule has 106 valence electrons. The summed E-state index contributed by atoms with van der Waals surface area (Å²) in [5, 5.41) is 7.36. The lowest BCUT2D eigenvalue weighted by molar-refractivity contribution is 0.0942. The molecule has 2 heterocycles. The van der Waals surface area contributed by atoms with Crippen LogP contribution in [0.1, 0.15) is 47.4 Å². The zero-order valence-corrected chi connectivity index (χ0v) is 12.0. The van der Waals surface area contributed by atoms with Gasteiger partial charge in [0.25, 0.3) is 5.91 Å². The molecule has 20 heavy (non-hydrogen) atoms. The second-order valence-corrected chi connectivity index (χ2v) is 5.69. The van der Waals surface area contributed by atoms with E-state index >= 15 is 0 Å². The van der Waals surface area contributed by atoms with Crippen LogP contribution in [-0.2, 0) is 0 Å². The number of hydrogen-bond acceptors (Lipinski definition) is 3. The van der Waals surface area contributed by atoms with Crippen molar-refractivity contribution in [2.75, 3.05) is 6.54 Å². The molecule has 0 spiro atoms. The van der Waals surface area contributed by atoms with Crippen molar-refractivity contribution in [3.05, 3.63) is 29.2 Å². The van der Waals surface area contributed by atoms with E-state index in [1.807, 2.05) is 19.9 Å². The molecule has 3 rings (SSSR count). The van der Waals surface area contributed by atoms with Crippen LogP contribution in [0.15, 0.2) is 12.3 Å². The second-order valence-electron chi connectivity index (χ2n) is 5.69. The van der Waals surface area contributed by atoms with Gasteiger partial charge in [-0.3, -0.25) is 4.79 Å². The van der Waals surface area contributed by atoms with Crippen molar-refractivity contribution >= 4 is 11.6 Å². The van der Waals surface area contributed by atoms with Crippen molar-refractivity contribution < 1.29 is 4.79 Å². The number of rotatable bonds is 4. The van der Waals surface area contributed by atoms with E-state index in [-0.39, 0.29) is 5.91 Å². The number of aromatic nitrogens is 3. The molecule has 1 amide bonds. The molecular formula is C15H20N4O. The van der Waals surface area contributed by atoms with Crippen LogP contribution in [-0.4, -0.2) is 27.0 Å². The summed E-state index contributed by atoms with van der Waals surface area (Å²) >= 11 is 0. The van der Waals surface area contributed by atoms with Gasteiger partial charge < -0.3 is 5.32 Å². The van der Waals surface area contributed by atoms with Crippen LogP contribution in [0.5, 0.6) is 0 Å². The Morgan fingerprint density at radius 1 is 1.45 bits per heavy atom. The zero-order valence-electron chi connectivity index (χ0n) is 12.0. The zero-order chi connectivity index (χ0) is 14.1. The van der Waals surface area contributed by atoms with E-state index in [9.17, 15) is 4.79 Å². The lowest BCUT2D eigenvalue weighted by Gasteiger charge is -2.25. The maximum Gasteiger partial charge on any atom is 0.271 e. The maximum atomic E-state index is 12.2. The van der Waals surface area contributed by atoms with Gasteiger partial charge in [-0.2, -0.15) is 5.10 Å². The molecule has 0 atom stereocenters. The SMILES string of the molecule is Cc1cc(C)c2ncc(C(=O)NCCC3CCC3)n2n1. The van der Waals surface area contributed by atoms with Crippen LogP contribution < -0.4 is 5.32 Å². The van der Waals surface area contributed by atoms with E-state index in [1.165, 1.54) is 19.3 Å². The predicted octanol–water partition coefficient (Wildman–Crippen LogP) is 2.27. The normalized spacial score (nSPS) is 15.3. The molecule has 0 aliphatic heterocycles. The highest BCUT2D eigenvalue weighted by Crippen LogP contribution is 2.28. The lowest BCUT2D eigenvalue weighted by Crippen LogP contribution is -2.28. The highest BCUT2D eigenvalue weighted by atomic mass is 16.2. The summed E-state index contributed by atoms with van der Waals surface area (Å²) < 4.78 is 1.64. The van der Waals surface area contributed by atoms with E-state index in [0.717, 1.165) is 35.8 Å².